The molecule has 0 rings (SSSR count). The minimum absolute atomic E-state index is 0.132. The summed E-state index contributed by atoms with van der Waals surface area (Å²) in [6, 6.07) is 0. The van der Waals surface area contributed by atoms with E-state index in [-0.39, 0.29) is 6.42 Å². The Morgan fingerprint density at radius 3 is 1.91 bits per heavy atom. The number of unbranched alkanes of at least 4 members (excludes halogenated alkanes) is 5. The molecular formula is C26H27O8P. The third-order valence-corrected chi connectivity index (χ3v) is 4.20. The molecule has 0 aromatic rings. The van der Waals surface area contributed by atoms with Crippen LogP contribution in [0.4, 0.5) is 0 Å². The maximum absolute atomic E-state index is 12.0. The first kappa shape index (κ1) is 31.4. The van der Waals surface area contributed by atoms with Crippen molar-refractivity contribution in [2.75, 3.05) is 13.2 Å². The minimum Gasteiger partial charge on any atom is -0.456 e. The summed E-state index contributed by atoms with van der Waals surface area (Å²) >= 11 is 0. The monoisotopic (exact) mass is 498 g/mol. The summed E-state index contributed by atoms with van der Waals surface area (Å²) in [6.07, 6.45) is 4.77. The summed E-state index contributed by atoms with van der Waals surface area (Å²) in [7, 11) is -4.80. The largest absolute Gasteiger partial charge is 0.469 e. The van der Waals surface area contributed by atoms with E-state index in [1.807, 2.05) is 0 Å². The lowest BCUT2D eigenvalue weighted by molar-refractivity contribution is -0.158. The second kappa shape index (κ2) is 21.0. The van der Waals surface area contributed by atoms with Gasteiger partial charge in [0, 0.05) is 12.3 Å². The molecule has 8 nitrogen and oxygen atoms in total. The van der Waals surface area contributed by atoms with E-state index in [0.717, 1.165) is 32.1 Å². The van der Waals surface area contributed by atoms with Crippen LogP contribution in [0.3, 0.4) is 0 Å². The summed E-state index contributed by atoms with van der Waals surface area (Å²) < 4.78 is 25.3. The number of phosphoric ester groups is 1. The second-order valence-electron chi connectivity index (χ2n) is 6.64. The van der Waals surface area contributed by atoms with Gasteiger partial charge in [-0.25, -0.2) is 9.36 Å². The predicted octanol–water partition coefficient (Wildman–Crippen LogP) is 2.34. The molecule has 0 aliphatic rings. The SMILES string of the molecule is CC#CC#CC#CC#CC#CC#CC(=O)OC[C@H](COP(=O)(O)O)OC(=O)CCCCCCCC. The number of hydrogen-bond acceptors (Lipinski definition) is 6. The number of esters is 2. The zero-order valence-corrected chi connectivity index (χ0v) is 20.6. The van der Waals surface area contributed by atoms with E-state index in [1.54, 1.807) is 6.92 Å². The summed E-state index contributed by atoms with van der Waals surface area (Å²) in [4.78, 5) is 41.4. The van der Waals surface area contributed by atoms with E-state index in [1.165, 1.54) is 0 Å². The quantitative estimate of drug-likeness (QED) is 0.131. The topological polar surface area (TPSA) is 119 Å². The Morgan fingerprint density at radius 2 is 1.34 bits per heavy atom. The summed E-state index contributed by atoms with van der Waals surface area (Å²) in [5, 5.41) is 0. The molecule has 0 fully saturated rings. The number of phosphoric acid groups is 1. The van der Waals surface area contributed by atoms with Crippen molar-refractivity contribution in [2.24, 2.45) is 0 Å². The lowest BCUT2D eigenvalue weighted by Crippen LogP contribution is -2.29. The lowest BCUT2D eigenvalue weighted by Gasteiger charge is -2.17. The van der Waals surface area contributed by atoms with Crippen molar-refractivity contribution < 1.29 is 37.9 Å². The molecule has 2 N–H and O–H groups in total. The molecule has 0 aromatic carbocycles. The Bertz CT molecular complexity index is 1110. The highest BCUT2D eigenvalue weighted by Gasteiger charge is 2.22. The van der Waals surface area contributed by atoms with Crippen molar-refractivity contribution in [3.05, 3.63) is 0 Å². The predicted molar refractivity (Wildman–Crippen MR) is 129 cm³/mol. The molecule has 35 heavy (non-hydrogen) atoms. The fraction of sp³-hybridized carbons (Fsp3) is 0.462. The highest BCUT2D eigenvalue weighted by atomic mass is 31.2. The van der Waals surface area contributed by atoms with E-state index in [4.69, 9.17) is 19.3 Å². The van der Waals surface area contributed by atoms with Gasteiger partial charge in [-0.3, -0.25) is 9.32 Å². The Morgan fingerprint density at radius 1 is 0.800 bits per heavy atom. The van der Waals surface area contributed by atoms with Crippen molar-refractivity contribution in [1.82, 2.24) is 0 Å². The van der Waals surface area contributed by atoms with Gasteiger partial charge in [0.25, 0.3) is 0 Å². The first-order chi connectivity index (χ1) is 16.8. The molecule has 0 saturated heterocycles. The van der Waals surface area contributed by atoms with Gasteiger partial charge in [0.2, 0.25) is 0 Å². The van der Waals surface area contributed by atoms with Crippen molar-refractivity contribution in [1.29, 1.82) is 0 Å². The van der Waals surface area contributed by atoms with Crippen LogP contribution in [0.25, 0.3) is 0 Å². The molecule has 0 aliphatic heterocycles. The van der Waals surface area contributed by atoms with E-state index < -0.39 is 39.1 Å². The van der Waals surface area contributed by atoms with Gasteiger partial charge in [0.1, 0.15) is 6.61 Å². The first-order valence-electron chi connectivity index (χ1n) is 10.8. The molecular weight excluding hydrogens is 471 g/mol. The molecule has 184 valence electrons. The van der Waals surface area contributed by atoms with Gasteiger partial charge >= 0.3 is 19.8 Å². The molecule has 0 saturated carbocycles. The Hall–Kier alpha value is -3.59. The van der Waals surface area contributed by atoms with Gasteiger partial charge in [-0.1, -0.05) is 44.9 Å². The fourth-order valence-electron chi connectivity index (χ4n) is 2.19. The van der Waals surface area contributed by atoms with E-state index in [0.29, 0.717) is 6.42 Å². The second-order valence-corrected chi connectivity index (χ2v) is 7.88. The molecule has 0 radical (unpaired) electrons. The zero-order valence-electron chi connectivity index (χ0n) is 19.7. The molecule has 0 bridgehead atoms. The lowest BCUT2D eigenvalue weighted by atomic mass is 10.1. The number of carbonyl (C=O) groups excluding carboxylic acids is 2. The molecule has 0 unspecified atom stereocenters. The van der Waals surface area contributed by atoms with Crippen LogP contribution in [-0.4, -0.2) is 41.0 Å². The van der Waals surface area contributed by atoms with Crippen LogP contribution in [-0.2, 0) is 28.2 Å². The van der Waals surface area contributed by atoms with E-state index in [2.05, 4.69) is 82.5 Å². The van der Waals surface area contributed by atoms with Crippen LogP contribution in [0.1, 0.15) is 58.8 Å². The van der Waals surface area contributed by atoms with Gasteiger partial charge < -0.3 is 19.3 Å². The fourth-order valence-corrected chi connectivity index (χ4v) is 2.55. The summed E-state index contributed by atoms with van der Waals surface area (Å²) in [5.41, 5.74) is 0. The maximum atomic E-state index is 12.0. The normalized spacial score (nSPS) is 9.71. The number of hydrogen-bond donors (Lipinski definition) is 2. The molecule has 1 atom stereocenters. The summed E-state index contributed by atoms with van der Waals surface area (Å²) in [5.74, 6) is 27.2. The van der Waals surface area contributed by atoms with E-state index >= 15 is 0 Å². The van der Waals surface area contributed by atoms with Crippen molar-refractivity contribution in [3.8, 4) is 71.0 Å². The highest BCUT2D eigenvalue weighted by molar-refractivity contribution is 7.46. The van der Waals surface area contributed by atoms with Gasteiger partial charge in [0.05, 0.1) is 6.61 Å². The number of rotatable bonds is 13. The Balaban J connectivity index is 4.66. The molecule has 0 spiro atoms. The summed E-state index contributed by atoms with van der Waals surface area (Å²) in [6.45, 7) is 2.61. The molecule has 9 heteroatoms. The Labute approximate surface area is 207 Å². The molecule has 0 heterocycles. The number of ether oxygens (including phenoxy) is 2. The van der Waals surface area contributed by atoms with Crippen molar-refractivity contribution in [3.63, 3.8) is 0 Å². The van der Waals surface area contributed by atoms with Crippen LogP contribution < -0.4 is 0 Å². The molecule has 0 amide bonds. The van der Waals surface area contributed by atoms with E-state index in [9.17, 15) is 14.2 Å². The minimum atomic E-state index is -4.80. The smallest absolute Gasteiger partial charge is 0.456 e. The van der Waals surface area contributed by atoms with Gasteiger partial charge in [0.15, 0.2) is 6.10 Å². The van der Waals surface area contributed by atoms with Crippen molar-refractivity contribution >= 4 is 19.8 Å². The van der Waals surface area contributed by atoms with Crippen LogP contribution in [0.15, 0.2) is 0 Å². The standard InChI is InChI=1S/C26H27O8P/c1-3-5-7-9-11-12-13-14-15-17-18-20-25(27)32-22-24(23-33-35(29,30)31)34-26(28)21-19-16-10-8-6-4-2/h24H,4,6,8,10,16,19,21-23H2,1-2H3,(H2,29,30,31)/t24-/m1/s1. The van der Waals surface area contributed by atoms with Crippen molar-refractivity contribution in [2.45, 2.75) is 64.9 Å². The van der Waals surface area contributed by atoms with Gasteiger partial charge in [-0.05, 0) is 72.5 Å². The third kappa shape index (κ3) is 23.4. The third-order valence-electron chi connectivity index (χ3n) is 3.71. The maximum Gasteiger partial charge on any atom is 0.469 e. The number of carbonyl (C=O) groups is 2. The highest BCUT2D eigenvalue weighted by Crippen LogP contribution is 2.35. The van der Waals surface area contributed by atoms with Crippen LogP contribution in [0.2, 0.25) is 0 Å². The molecule has 0 aromatic heterocycles. The average molecular weight is 498 g/mol. The van der Waals surface area contributed by atoms with Crippen LogP contribution in [0.5, 0.6) is 0 Å². The zero-order chi connectivity index (χ0) is 26.2. The Kier molecular flexibility index (Phi) is 18.8. The van der Waals surface area contributed by atoms with Gasteiger partial charge in [-0.15, -0.1) is 0 Å². The van der Waals surface area contributed by atoms with Crippen LogP contribution >= 0.6 is 7.82 Å². The van der Waals surface area contributed by atoms with Gasteiger partial charge in [-0.2, -0.15) is 0 Å². The molecule has 0 aliphatic carbocycles. The average Bonchev–Trinajstić information content (AvgIpc) is 2.81. The van der Waals surface area contributed by atoms with Crippen LogP contribution in [0, 0.1) is 71.0 Å². The first-order valence-corrected chi connectivity index (χ1v) is 12.3.